The Morgan fingerprint density at radius 2 is 1.92 bits per heavy atom. The molecule has 5 nitrogen and oxygen atoms in total. The van der Waals surface area contributed by atoms with Crippen LogP contribution in [0.3, 0.4) is 0 Å². The number of likely N-dealkylation sites (tertiary alicyclic amines) is 2. The van der Waals surface area contributed by atoms with Gasteiger partial charge in [-0.25, -0.2) is 0 Å². The number of rotatable bonds is 6. The predicted molar refractivity (Wildman–Crippen MR) is 107 cm³/mol. The van der Waals surface area contributed by atoms with Crippen molar-refractivity contribution < 1.29 is 4.74 Å². The number of nitrogens with zero attached hydrogens (tertiary/aromatic N) is 3. The first-order valence-corrected chi connectivity index (χ1v) is 10.0. The zero-order valence-corrected chi connectivity index (χ0v) is 16.4. The molecule has 3 rings (SSSR count). The van der Waals surface area contributed by atoms with E-state index in [1.165, 1.54) is 49.9 Å². The molecule has 0 saturated carbocycles. The first kappa shape index (κ1) is 19.2. The van der Waals surface area contributed by atoms with Crippen LogP contribution in [0.2, 0.25) is 0 Å². The van der Waals surface area contributed by atoms with Crippen molar-refractivity contribution in [2.45, 2.75) is 38.8 Å². The summed E-state index contributed by atoms with van der Waals surface area (Å²) in [7, 11) is 3.67. The number of hydrogen-bond donors (Lipinski definition) is 1. The molecule has 0 bridgehead atoms. The molecule has 26 heavy (non-hydrogen) atoms. The predicted octanol–water partition coefficient (Wildman–Crippen LogP) is 2.72. The number of aliphatic imine (C=N–C) groups is 1. The minimum Gasteiger partial charge on any atom is -0.384 e. The molecule has 1 aromatic rings. The van der Waals surface area contributed by atoms with E-state index in [2.05, 4.69) is 44.4 Å². The summed E-state index contributed by atoms with van der Waals surface area (Å²) in [5.74, 6) is 1.63. The van der Waals surface area contributed by atoms with Gasteiger partial charge in [-0.15, -0.1) is 0 Å². The molecule has 5 heteroatoms. The van der Waals surface area contributed by atoms with E-state index in [0.717, 1.165) is 38.7 Å². The number of hydrogen-bond acceptors (Lipinski definition) is 3. The number of piperidine rings is 1. The van der Waals surface area contributed by atoms with Gasteiger partial charge in [0.15, 0.2) is 5.96 Å². The summed E-state index contributed by atoms with van der Waals surface area (Å²) in [6.07, 6.45) is 5.24. The molecule has 0 spiro atoms. The lowest BCUT2D eigenvalue weighted by Gasteiger charge is -2.27. The fraction of sp³-hybridized carbons (Fsp3) is 0.667. The van der Waals surface area contributed by atoms with Crippen LogP contribution < -0.4 is 5.32 Å². The topological polar surface area (TPSA) is 40.1 Å². The highest BCUT2D eigenvalue weighted by molar-refractivity contribution is 5.80. The van der Waals surface area contributed by atoms with Crippen molar-refractivity contribution in [3.05, 3.63) is 35.4 Å². The molecule has 2 aliphatic heterocycles. The van der Waals surface area contributed by atoms with Gasteiger partial charge in [0.1, 0.15) is 0 Å². The Balaban J connectivity index is 1.56. The lowest BCUT2D eigenvalue weighted by molar-refractivity contribution is 0.157. The van der Waals surface area contributed by atoms with Gasteiger partial charge in [0.25, 0.3) is 0 Å². The van der Waals surface area contributed by atoms with Crippen molar-refractivity contribution >= 4 is 5.96 Å². The van der Waals surface area contributed by atoms with E-state index < -0.39 is 0 Å². The Kier molecular flexibility index (Phi) is 7.32. The van der Waals surface area contributed by atoms with E-state index in [0.29, 0.717) is 5.92 Å². The van der Waals surface area contributed by atoms with Crippen LogP contribution in [0.1, 0.15) is 36.8 Å². The molecule has 0 amide bonds. The summed E-state index contributed by atoms with van der Waals surface area (Å²) in [6.45, 7) is 7.30. The molecular weight excluding hydrogens is 324 g/mol. The van der Waals surface area contributed by atoms with Gasteiger partial charge >= 0.3 is 0 Å². The van der Waals surface area contributed by atoms with Crippen LogP contribution in [0.5, 0.6) is 0 Å². The monoisotopic (exact) mass is 358 g/mol. The summed E-state index contributed by atoms with van der Waals surface area (Å²) in [6, 6.07) is 8.83. The van der Waals surface area contributed by atoms with Gasteiger partial charge in [-0.05, 0) is 43.5 Å². The minimum atomic E-state index is 0.616. The van der Waals surface area contributed by atoms with E-state index in [1.807, 2.05) is 7.05 Å². The first-order chi connectivity index (χ1) is 12.8. The van der Waals surface area contributed by atoms with Crippen molar-refractivity contribution in [3.8, 4) is 0 Å². The van der Waals surface area contributed by atoms with Gasteiger partial charge in [0.05, 0.1) is 6.61 Å². The molecule has 0 radical (unpaired) electrons. The van der Waals surface area contributed by atoms with Crippen molar-refractivity contribution in [1.29, 1.82) is 0 Å². The third-order valence-electron chi connectivity index (χ3n) is 5.60. The van der Waals surface area contributed by atoms with Crippen LogP contribution in [0, 0.1) is 5.92 Å². The van der Waals surface area contributed by atoms with Crippen molar-refractivity contribution in [2.24, 2.45) is 10.9 Å². The summed E-state index contributed by atoms with van der Waals surface area (Å²) < 4.78 is 5.31. The van der Waals surface area contributed by atoms with Crippen molar-refractivity contribution in [2.75, 3.05) is 46.9 Å². The minimum absolute atomic E-state index is 0.616. The van der Waals surface area contributed by atoms with Gasteiger partial charge in [0.2, 0.25) is 0 Å². The molecule has 2 fully saturated rings. The maximum Gasteiger partial charge on any atom is 0.193 e. The van der Waals surface area contributed by atoms with Crippen molar-refractivity contribution in [1.82, 2.24) is 15.1 Å². The zero-order chi connectivity index (χ0) is 18.2. The van der Waals surface area contributed by atoms with Crippen LogP contribution in [-0.2, 0) is 17.8 Å². The zero-order valence-electron chi connectivity index (χ0n) is 16.4. The fourth-order valence-electron chi connectivity index (χ4n) is 4.15. The lowest BCUT2D eigenvalue weighted by atomic mass is 10.0. The first-order valence-electron chi connectivity index (χ1n) is 10.0. The number of guanidine groups is 1. The fourth-order valence-corrected chi connectivity index (χ4v) is 4.15. The molecule has 144 valence electrons. The molecule has 2 aliphatic rings. The quantitative estimate of drug-likeness (QED) is 0.627. The summed E-state index contributed by atoms with van der Waals surface area (Å²) in [5.41, 5.74) is 2.82. The number of ether oxygens (including phenoxy) is 1. The number of methoxy groups -OCH3 is 1. The highest BCUT2D eigenvalue weighted by atomic mass is 16.5. The summed E-state index contributed by atoms with van der Waals surface area (Å²) in [5, 5.41) is 3.58. The van der Waals surface area contributed by atoms with Crippen LogP contribution >= 0.6 is 0 Å². The van der Waals surface area contributed by atoms with E-state index >= 15 is 0 Å². The van der Waals surface area contributed by atoms with Gasteiger partial charge in [-0.3, -0.25) is 9.89 Å². The van der Waals surface area contributed by atoms with E-state index in [4.69, 9.17) is 4.74 Å². The van der Waals surface area contributed by atoms with Gasteiger partial charge in [-0.1, -0.05) is 30.7 Å². The summed E-state index contributed by atoms with van der Waals surface area (Å²) in [4.78, 5) is 9.45. The Morgan fingerprint density at radius 3 is 2.65 bits per heavy atom. The SMILES string of the molecule is CN=C(NCc1ccccc1CN1CCCCC1)N1CCC(COC)C1. The van der Waals surface area contributed by atoms with Crippen LogP contribution in [0.4, 0.5) is 0 Å². The molecule has 1 atom stereocenters. The van der Waals surface area contributed by atoms with Crippen LogP contribution in [0.15, 0.2) is 29.3 Å². The van der Waals surface area contributed by atoms with Crippen molar-refractivity contribution in [3.63, 3.8) is 0 Å². The number of nitrogens with one attached hydrogen (secondary N) is 1. The maximum atomic E-state index is 5.31. The smallest absolute Gasteiger partial charge is 0.193 e. The van der Waals surface area contributed by atoms with Crippen LogP contribution in [0.25, 0.3) is 0 Å². The third kappa shape index (κ3) is 5.21. The average Bonchev–Trinajstić information content (AvgIpc) is 3.13. The molecule has 1 unspecified atom stereocenters. The second-order valence-electron chi connectivity index (χ2n) is 7.56. The highest BCUT2D eigenvalue weighted by Gasteiger charge is 2.24. The standard InChI is InChI=1S/C21H34N4O/c1-22-21(25-13-10-18(15-25)17-26-2)23-14-19-8-4-5-9-20(19)16-24-11-6-3-7-12-24/h4-5,8-9,18H,3,6-7,10-17H2,1-2H3,(H,22,23). The Morgan fingerprint density at radius 1 is 1.15 bits per heavy atom. The molecule has 2 saturated heterocycles. The Hall–Kier alpha value is -1.59. The largest absolute Gasteiger partial charge is 0.384 e. The number of benzene rings is 1. The second-order valence-corrected chi connectivity index (χ2v) is 7.56. The molecule has 0 aliphatic carbocycles. The van der Waals surface area contributed by atoms with E-state index in [-0.39, 0.29) is 0 Å². The van der Waals surface area contributed by atoms with E-state index in [9.17, 15) is 0 Å². The maximum absolute atomic E-state index is 5.31. The molecule has 0 aromatic heterocycles. The summed E-state index contributed by atoms with van der Waals surface area (Å²) >= 11 is 0. The van der Waals surface area contributed by atoms with Crippen LogP contribution in [-0.4, -0.2) is 62.7 Å². The average molecular weight is 359 g/mol. The molecule has 1 N–H and O–H groups in total. The van der Waals surface area contributed by atoms with Gasteiger partial charge in [0, 0.05) is 46.3 Å². The Bertz CT molecular complexity index is 583. The lowest BCUT2D eigenvalue weighted by Crippen LogP contribution is -2.40. The third-order valence-corrected chi connectivity index (χ3v) is 5.60. The molecule has 2 heterocycles. The molecule has 1 aromatic carbocycles. The second kappa shape index (κ2) is 9.93. The van der Waals surface area contributed by atoms with Gasteiger partial charge in [-0.2, -0.15) is 0 Å². The molecular formula is C21H34N4O. The normalized spacial score (nSPS) is 22.0. The highest BCUT2D eigenvalue weighted by Crippen LogP contribution is 2.18. The van der Waals surface area contributed by atoms with E-state index in [1.54, 1.807) is 7.11 Å². The Labute approximate surface area is 158 Å². The van der Waals surface area contributed by atoms with Gasteiger partial charge < -0.3 is 15.0 Å².